The molecule has 186 valence electrons. The van der Waals surface area contributed by atoms with Crippen LogP contribution in [-0.2, 0) is 4.79 Å². The van der Waals surface area contributed by atoms with Crippen molar-refractivity contribution in [2.24, 2.45) is 0 Å². The SMILES string of the molecule is CCOc1ccccc1NC(=O)c1cccc(NC(=O)[C@@H](C)c2cccc(C(=O)c3ccccc3)c2)c1. The Morgan fingerprint density at radius 2 is 1.41 bits per heavy atom. The third-order valence-electron chi connectivity index (χ3n) is 5.91. The normalized spacial score (nSPS) is 11.3. The highest BCUT2D eigenvalue weighted by Crippen LogP contribution is 2.25. The third kappa shape index (κ3) is 6.30. The van der Waals surface area contributed by atoms with E-state index in [9.17, 15) is 14.4 Å². The van der Waals surface area contributed by atoms with Crippen molar-refractivity contribution in [1.82, 2.24) is 0 Å². The number of ether oxygens (including phenoxy) is 1. The van der Waals surface area contributed by atoms with Gasteiger partial charge in [-0.15, -0.1) is 0 Å². The molecule has 0 aliphatic carbocycles. The molecule has 0 spiro atoms. The molecule has 4 aromatic rings. The van der Waals surface area contributed by atoms with E-state index in [0.29, 0.717) is 40.4 Å². The van der Waals surface area contributed by atoms with Gasteiger partial charge in [-0.3, -0.25) is 14.4 Å². The number of anilines is 2. The highest BCUT2D eigenvalue weighted by molar-refractivity contribution is 6.09. The number of nitrogens with one attached hydrogen (secondary N) is 2. The first-order valence-electron chi connectivity index (χ1n) is 12.1. The van der Waals surface area contributed by atoms with E-state index in [-0.39, 0.29) is 17.6 Å². The molecule has 0 saturated carbocycles. The molecule has 4 rings (SSSR count). The van der Waals surface area contributed by atoms with Crippen LogP contribution in [0.1, 0.15) is 51.6 Å². The summed E-state index contributed by atoms with van der Waals surface area (Å²) in [6.07, 6.45) is 0. The Hall–Kier alpha value is -4.71. The maximum absolute atomic E-state index is 13.0. The number of benzene rings is 4. The summed E-state index contributed by atoms with van der Waals surface area (Å²) in [7, 11) is 0. The largest absolute Gasteiger partial charge is 0.492 e. The molecule has 0 bridgehead atoms. The van der Waals surface area contributed by atoms with Crippen molar-refractivity contribution in [3.8, 4) is 5.75 Å². The Bertz CT molecular complexity index is 1420. The molecule has 0 unspecified atom stereocenters. The summed E-state index contributed by atoms with van der Waals surface area (Å²) < 4.78 is 5.57. The van der Waals surface area contributed by atoms with E-state index in [1.807, 2.05) is 43.3 Å². The van der Waals surface area contributed by atoms with Crippen LogP contribution in [0.3, 0.4) is 0 Å². The molecule has 0 aliphatic heterocycles. The van der Waals surface area contributed by atoms with Gasteiger partial charge in [-0.1, -0.05) is 66.7 Å². The zero-order chi connectivity index (χ0) is 26.2. The summed E-state index contributed by atoms with van der Waals surface area (Å²) in [6, 6.07) is 30.1. The molecule has 0 radical (unpaired) electrons. The topological polar surface area (TPSA) is 84.5 Å². The van der Waals surface area contributed by atoms with E-state index in [2.05, 4.69) is 10.6 Å². The summed E-state index contributed by atoms with van der Waals surface area (Å²) in [5.74, 6) is -0.588. The molecular weight excluding hydrogens is 464 g/mol. The number of amides is 2. The molecule has 4 aromatic carbocycles. The molecule has 0 aliphatic rings. The van der Waals surface area contributed by atoms with Gasteiger partial charge in [-0.05, 0) is 55.8 Å². The fourth-order valence-corrected chi connectivity index (χ4v) is 3.89. The van der Waals surface area contributed by atoms with Crippen molar-refractivity contribution in [3.63, 3.8) is 0 Å². The third-order valence-corrected chi connectivity index (χ3v) is 5.91. The minimum Gasteiger partial charge on any atom is -0.492 e. The number of hydrogen-bond acceptors (Lipinski definition) is 4. The monoisotopic (exact) mass is 492 g/mol. The number of rotatable bonds is 9. The van der Waals surface area contributed by atoms with Gasteiger partial charge < -0.3 is 15.4 Å². The zero-order valence-corrected chi connectivity index (χ0v) is 20.7. The Morgan fingerprint density at radius 1 is 0.730 bits per heavy atom. The van der Waals surface area contributed by atoms with Crippen molar-refractivity contribution >= 4 is 29.0 Å². The quantitative estimate of drug-likeness (QED) is 0.268. The summed E-state index contributed by atoms with van der Waals surface area (Å²) in [5, 5.41) is 5.75. The highest BCUT2D eigenvalue weighted by atomic mass is 16.5. The van der Waals surface area contributed by atoms with E-state index in [1.54, 1.807) is 73.7 Å². The van der Waals surface area contributed by atoms with Crippen LogP contribution >= 0.6 is 0 Å². The number of hydrogen-bond donors (Lipinski definition) is 2. The summed E-state index contributed by atoms with van der Waals surface area (Å²) in [6.45, 7) is 4.14. The van der Waals surface area contributed by atoms with Gasteiger partial charge in [-0.2, -0.15) is 0 Å². The van der Waals surface area contributed by atoms with Gasteiger partial charge in [0.2, 0.25) is 5.91 Å². The zero-order valence-electron chi connectivity index (χ0n) is 20.7. The first-order valence-corrected chi connectivity index (χ1v) is 12.1. The highest BCUT2D eigenvalue weighted by Gasteiger charge is 2.18. The summed E-state index contributed by atoms with van der Waals surface area (Å²) in [4.78, 5) is 38.7. The minimum absolute atomic E-state index is 0.0975. The molecule has 1 atom stereocenters. The Balaban J connectivity index is 1.45. The van der Waals surface area contributed by atoms with Crippen molar-refractivity contribution < 1.29 is 19.1 Å². The van der Waals surface area contributed by atoms with Gasteiger partial charge in [0.05, 0.1) is 18.2 Å². The van der Waals surface area contributed by atoms with Gasteiger partial charge in [0.1, 0.15) is 5.75 Å². The van der Waals surface area contributed by atoms with E-state index in [1.165, 1.54) is 0 Å². The van der Waals surface area contributed by atoms with Crippen molar-refractivity contribution in [2.75, 3.05) is 17.2 Å². The predicted octanol–water partition coefficient (Wildman–Crippen LogP) is 6.31. The van der Waals surface area contributed by atoms with Crippen LogP contribution in [0.2, 0.25) is 0 Å². The predicted molar refractivity (Wildman–Crippen MR) is 145 cm³/mol. The van der Waals surface area contributed by atoms with Crippen LogP contribution in [0.15, 0.2) is 103 Å². The van der Waals surface area contributed by atoms with Gasteiger partial charge in [0.15, 0.2) is 5.78 Å². The lowest BCUT2D eigenvalue weighted by molar-refractivity contribution is -0.117. The maximum atomic E-state index is 13.0. The van der Waals surface area contributed by atoms with Crippen LogP contribution in [0, 0.1) is 0 Å². The Kier molecular flexibility index (Phi) is 8.11. The van der Waals surface area contributed by atoms with Crippen LogP contribution in [0.5, 0.6) is 5.75 Å². The lowest BCUT2D eigenvalue weighted by atomic mass is 9.95. The molecule has 0 heterocycles. The van der Waals surface area contributed by atoms with Crippen molar-refractivity contribution in [2.45, 2.75) is 19.8 Å². The van der Waals surface area contributed by atoms with E-state index >= 15 is 0 Å². The van der Waals surface area contributed by atoms with Crippen LogP contribution in [0.25, 0.3) is 0 Å². The second kappa shape index (κ2) is 11.8. The summed E-state index contributed by atoms with van der Waals surface area (Å²) >= 11 is 0. The average molecular weight is 493 g/mol. The fraction of sp³-hybridized carbons (Fsp3) is 0.129. The van der Waals surface area contributed by atoms with Crippen LogP contribution in [0.4, 0.5) is 11.4 Å². The minimum atomic E-state index is -0.515. The first-order chi connectivity index (χ1) is 18.0. The van der Waals surface area contributed by atoms with E-state index in [0.717, 1.165) is 5.56 Å². The van der Waals surface area contributed by atoms with Gasteiger partial charge in [-0.25, -0.2) is 0 Å². The lowest BCUT2D eigenvalue weighted by Crippen LogP contribution is -2.20. The smallest absolute Gasteiger partial charge is 0.255 e. The molecule has 6 nitrogen and oxygen atoms in total. The molecule has 6 heteroatoms. The van der Waals surface area contributed by atoms with Crippen molar-refractivity contribution in [1.29, 1.82) is 0 Å². The Labute approximate surface area is 216 Å². The van der Waals surface area contributed by atoms with Crippen LogP contribution < -0.4 is 15.4 Å². The standard InChI is InChI=1S/C31H28N2O4/c1-3-37-28-18-8-7-17-27(28)33-31(36)25-15-10-16-26(20-25)32-30(35)21(2)23-13-9-14-24(19-23)29(34)22-11-5-4-6-12-22/h4-21H,3H2,1-2H3,(H,32,35)(H,33,36)/t21-/m0/s1. The van der Waals surface area contributed by atoms with Gasteiger partial charge in [0.25, 0.3) is 5.91 Å². The van der Waals surface area contributed by atoms with Crippen molar-refractivity contribution in [3.05, 3.63) is 125 Å². The van der Waals surface area contributed by atoms with Gasteiger partial charge in [0, 0.05) is 22.4 Å². The first kappa shape index (κ1) is 25.4. The van der Waals surface area contributed by atoms with Crippen LogP contribution in [-0.4, -0.2) is 24.2 Å². The van der Waals surface area contributed by atoms with E-state index < -0.39 is 5.92 Å². The lowest BCUT2D eigenvalue weighted by Gasteiger charge is -2.15. The Morgan fingerprint density at radius 3 is 2.19 bits per heavy atom. The fourth-order valence-electron chi connectivity index (χ4n) is 3.89. The number of para-hydroxylation sites is 2. The molecule has 0 aromatic heterocycles. The number of carbonyl (C=O) groups is 3. The number of carbonyl (C=O) groups excluding carboxylic acids is 3. The van der Waals surface area contributed by atoms with Gasteiger partial charge >= 0.3 is 0 Å². The molecule has 2 N–H and O–H groups in total. The average Bonchev–Trinajstić information content (AvgIpc) is 2.94. The molecule has 37 heavy (non-hydrogen) atoms. The number of ketones is 1. The van der Waals surface area contributed by atoms with E-state index in [4.69, 9.17) is 4.74 Å². The summed E-state index contributed by atoms with van der Waals surface area (Å²) in [5.41, 5.74) is 3.31. The maximum Gasteiger partial charge on any atom is 0.255 e. The molecule has 0 fully saturated rings. The molecule has 2 amide bonds. The second-order valence-corrected chi connectivity index (χ2v) is 8.50. The second-order valence-electron chi connectivity index (χ2n) is 8.50. The molecule has 0 saturated heterocycles. The molecular formula is C31H28N2O4.